The minimum Gasteiger partial charge on any atom is -0.338 e. The molecule has 0 bridgehead atoms. The van der Waals surface area contributed by atoms with Crippen LogP contribution in [-0.4, -0.2) is 27.4 Å². The predicted octanol–water partition coefficient (Wildman–Crippen LogP) is 0.606. The van der Waals surface area contributed by atoms with Crippen molar-refractivity contribution in [1.29, 1.82) is 0 Å². The first-order valence-electron chi connectivity index (χ1n) is 4.62. The van der Waals surface area contributed by atoms with Crippen LogP contribution in [-0.2, 0) is 0 Å². The normalized spacial score (nSPS) is 42.0. The summed E-state index contributed by atoms with van der Waals surface area (Å²) in [4.78, 5) is 0. The maximum Gasteiger partial charge on any atom is 0.101 e. The van der Waals surface area contributed by atoms with Crippen LogP contribution in [0.25, 0.3) is 0 Å². The Labute approximate surface area is 74.5 Å². The third kappa shape index (κ3) is 1.16. The molecule has 0 saturated carbocycles. The fourth-order valence-corrected chi connectivity index (χ4v) is 2.13. The van der Waals surface area contributed by atoms with Crippen LogP contribution in [0.2, 0.25) is 0 Å². The van der Waals surface area contributed by atoms with Crippen molar-refractivity contribution in [3.8, 4) is 0 Å². The number of nitrogens with zero attached hydrogens (tertiary/aromatic N) is 1. The summed E-state index contributed by atoms with van der Waals surface area (Å²) in [5, 5.41) is 9.66. The minimum absolute atomic E-state index is 0.0653. The molecule has 12 heavy (non-hydrogen) atoms. The number of hydrogen-bond acceptors (Lipinski definition) is 2. The molecule has 0 radical (unpaired) electrons. The number of rotatable bonds is 1. The molecule has 3 nitrogen and oxygen atoms in total. The molecule has 72 valence electrons. The van der Waals surface area contributed by atoms with E-state index in [0.29, 0.717) is 0 Å². The lowest BCUT2D eigenvalue weighted by molar-refractivity contribution is -0.199. The molecule has 0 aromatic rings. The Morgan fingerprint density at radius 3 is 2.17 bits per heavy atom. The van der Waals surface area contributed by atoms with Crippen LogP contribution in [0.15, 0.2) is 0 Å². The molecule has 0 aromatic heterocycles. The third-order valence-electron chi connectivity index (χ3n) is 3.35. The topological polar surface area (TPSA) is 52.2 Å². The second-order valence-corrected chi connectivity index (χ2v) is 4.67. The van der Waals surface area contributed by atoms with E-state index < -0.39 is 0 Å². The molecule has 1 aliphatic rings. The predicted molar refractivity (Wildman–Crippen MR) is 50.8 cm³/mol. The smallest absolute Gasteiger partial charge is 0.101 e. The van der Waals surface area contributed by atoms with Gasteiger partial charge in [0.15, 0.2) is 0 Å². The van der Waals surface area contributed by atoms with E-state index in [4.69, 9.17) is 10.9 Å². The summed E-state index contributed by atoms with van der Waals surface area (Å²) in [6.45, 7) is 8.35. The van der Waals surface area contributed by atoms with E-state index in [1.165, 1.54) is 0 Å². The fraction of sp³-hybridized carbons (Fsp3) is 1.00. The monoisotopic (exact) mass is 173 g/mol. The van der Waals surface area contributed by atoms with Crippen LogP contribution in [0, 0.1) is 0 Å². The molecular weight excluding hydrogens is 152 g/mol. The van der Waals surface area contributed by atoms with E-state index in [0.717, 1.165) is 12.8 Å². The zero-order valence-corrected chi connectivity index (χ0v) is 8.52. The average molecular weight is 173 g/mol. The van der Waals surface area contributed by atoms with Crippen molar-refractivity contribution in [3.05, 3.63) is 0 Å². The molecule has 0 aliphatic carbocycles. The summed E-state index contributed by atoms with van der Waals surface area (Å²) >= 11 is 0. The number of hydrogen-bond donors (Lipinski definition) is 1. The van der Waals surface area contributed by atoms with Crippen molar-refractivity contribution in [1.82, 2.24) is 5.06 Å². The van der Waals surface area contributed by atoms with Gasteiger partial charge in [-0.1, -0.05) is 12.0 Å². The largest absolute Gasteiger partial charge is 0.338 e. The maximum absolute atomic E-state index is 7.97. The summed E-state index contributed by atoms with van der Waals surface area (Å²) in [6, 6.07) is 0.134. The lowest BCUT2D eigenvalue weighted by Gasteiger charge is -2.32. The summed E-state index contributed by atoms with van der Waals surface area (Å²) in [5.74, 6) is 0. The highest BCUT2D eigenvalue weighted by Gasteiger charge is 2.55. The second-order valence-electron chi connectivity index (χ2n) is 4.67. The molecule has 1 fully saturated rings. The average Bonchev–Trinajstić information content (AvgIpc) is 2.13. The van der Waals surface area contributed by atoms with Gasteiger partial charge in [-0.05, 0) is 33.6 Å². The molecular formula is C9H21N2O+. The van der Waals surface area contributed by atoms with E-state index in [2.05, 4.69) is 27.7 Å². The number of hydroxylamine groups is 2. The lowest BCUT2D eigenvalue weighted by atomic mass is 9.91. The standard InChI is InChI=1S/C9H20N2O/c1-5-9(4)7(10)6-8(2,3)11(9)12/h7,12H,5-6,10H2,1-4H3/p+1. The summed E-state index contributed by atoms with van der Waals surface area (Å²) in [7, 11) is 0. The van der Waals surface area contributed by atoms with Gasteiger partial charge in [-0.25, -0.2) is 0 Å². The molecule has 4 N–H and O–H groups in total. The van der Waals surface area contributed by atoms with Gasteiger partial charge in [0.2, 0.25) is 0 Å². The Kier molecular flexibility index (Phi) is 2.23. The molecule has 0 spiro atoms. The van der Waals surface area contributed by atoms with Gasteiger partial charge in [-0.15, -0.1) is 0 Å². The van der Waals surface area contributed by atoms with Crippen LogP contribution in [0.3, 0.4) is 0 Å². The number of nitrogens with two attached hydrogens (primary N) is 1. The molecule has 1 aliphatic heterocycles. The Balaban J connectivity index is 2.92. The molecule has 1 rings (SSSR count). The van der Waals surface area contributed by atoms with Crippen LogP contribution < -0.4 is 5.73 Å². The highest BCUT2D eigenvalue weighted by atomic mass is 16.5. The highest BCUT2D eigenvalue weighted by Crippen LogP contribution is 2.39. The molecule has 0 aromatic carbocycles. The van der Waals surface area contributed by atoms with E-state index >= 15 is 0 Å². The third-order valence-corrected chi connectivity index (χ3v) is 3.35. The van der Waals surface area contributed by atoms with Crippen molar-refractivity contribution >= 4 is 0 Å². The molecule has 2 atom stereocenters. The molecule has 3 heteroatoms. The first-order valence-corrected chi connectivity index (χ1v) is 4.62. The van der Waals surface area contributed by atoms with Gasteiger partial charge in [0.05, 0.1) is 5.54 Å². The first-order chi connectivity index (χ1) is 5.34. The van der Waals surface area contributed by atoms with Crippen molar-refractivity contribution in [2.45, 2.75) is 57.7 Å². The quantitative estimate of drug-likeness (QED) is 0.591. The Hall–Kier alpha value is -0.120. The molecule has 2 unspecified atom stereocenters. The van der Waals surface area contributed by atoms with Crippen molar-refractivity contribution in [2.24, 2.45) is 5.73 Å². The zero-order chi connectivity index (χ0) is 9.57. The van der Waals surface area contributed by atoms with E-state index in [9.17, 15) is 0 Å². The van der Waals surface area contributed by atoms with Crippen LogP contribution in [0.1, 0.15) is 40.5 Å². The van der Waals surface area contributed by atoms with E-state index in [1.807, 2.05) is 0 Å². The molecule has 0 amide bonds. The van der Waals surface area contributed by atoms with Crippen molar-refractivity contribution in [2.75, 3.05) is 0 Å². The minimum atomic E-state index is -0.135. The van der Waals surface area contributed by atoms with Gasteiger partial charge in [0.25, 0.3) is 0 Å². The van der Waals surface area contributed by atoms with E-state index in [1.54, 1.807) is 5.06 Å². The maximum atomic E-state index is 7.97. The van der Waals surface area contributed by atoms with Gasteiger partial charge in [-0.3, -0.25) is 0 Å². The summed E-state index contributed by atoms with van der Waals surface area (Å²) in [5.41, 5.74) is 5.83. The van der Waals surface area contributed by atoms with Gasteiger partial charge in [-0.2, -0.15) is 0 Å². The lowest BCUT2D eigenvalue weighted by Crippen LogP contribution is -2.52. The Morgan fingerprint density at radius 2 is 2.00 bits per heavy atom. The van der Waals surface area contributed by atoms with Gasteiger partial charge in [0.1, 0.15) is 5.54 Å². The van der Waals surface area contributed by atoms with Crippen LogP contribution >= 0.6 is 0 Å². The Bertz CT molecular complexity index is 181. The first kappa shape index (κ1) is 9.96. The molecule has 1 heterocycles. The van der Waals surface area contributed by atoms with E-state index in [-0.39, 0.29) is 17.1 Å². The summed E-state index contributed by atoms with van der Waals surface area (Å²) < 4.78 is 0. The van der Waals surface area contributed by atoms with Crippen LogP contribution in [0.4, 0.5) is 0 Å². The fourth-order valence-electron chi connectivity index (χ4n) is 2.13. The van der Waals surface area contributed by atoms with Crippen LogP contribution in [0.5, 0.6) is 0 Å². The van der Waals surface area contributed by atoms with Gasteiger partial charge >= 0.3 is 0 Å². The molecule has 1 saturated heterocycles. The van der Waals surface area contributed by atoms with Gasteiger partial charge in [0, 0.05) is 6.04 Å². The zero-order valence-electron chi connectivity index (χ0n) is 8.52. The van der Waals surface area contributed by atoms with Gasteiger partial charge < -0.3 is 10.9 Å². The SMILES string of the molecule is CCC1(C)C(N)CC(C)(C)N1[OH2+]. The van der Waals surface area contributed by atoms with Crippen molar-refractivity contribution in [3.63, 3.8) is 0 Å². The highest BCUT2D eigenvalue weighted by molar-refractivity contribution is 5.06. The second kappa shape index (κ2) is 2.69. The summed E-state index contributed by atoms with van der Waals surface area (Å²) in [6.07, 6.45) is 1.86. The Morgan fingerprint density at radius 1 is 1.50 bits per heavy atom. The van der Waals surface area contributed by atoms with Crippen molar-refractivity contribution < 1.29 is 5.21 Å².